The van der Waals surface area contributed by atoms with Gasteiger partial charge in [-0.3, -0.25) is 4.72 Å². The van der Waals surface area contributed by atoms with E-state index in [0.29, 0.717) is 10.6 Å². The molecule has 0 unspecified atom stereocenters. The smallest absolute Gasteiger partial charge is 0.237 e. The summed E-state index contributed by atoms with van der Waals surface area (Å²) in [7, 11) is -3.54. The van der Waals surface area contributed by atoms with E-state index >= 15 is 0 Å². The lowest BCUT2D eigenvalue weighted by atomic mass is 10.2. The third-order valence-corrected chi connectivity index (χ3v) is 4.76. The van der Waals surface area contributed by atoms with Gasteiger partial charge in [0.15, 0.2) is 0 Å². The number of anilines is 1. The van der Waals surface area contributed by atoms with Crippen molar-refractivity contribution >= 4 is 27.3 Å². The highest BCUT2D eigenvalue weighted by molar-refractivity contribution is 7.94. The number of sulfonamides is 1. The fourth-order valence-electron chi connectivity index (χ4n) is 1.12. The van der Waals surface area contributed by atoms with Crippen LogP contribution in [0.1, 0.15) is 26.3 Å². The molecule has 0 bridgehead atoms. The second-order valence-electron chi connectivity index (χ2n) is 4.87. The second kappa shape index (κ2) is 5.83. The Morgan fingerprint density at radius 2 is 2.00 bits per heavy atom. The molecular weight excluding hydrogens is 286 g/mol. The number of nitrogens with one attached hydrogen (secondary N) is 1. The average Bonchev–Trinajstić information content (AvgIpc) is 2.28. The summed E-state index contributed by atoms with van der Waals surface area (Å²) in [6, 6.07) is 4.75. The van der Waals surface area contributed by atoms with Gasteiger partial charge in [-0.1, -0.05) is 23.4 Å². The Morgan fingerprint density at radius 3 is 2.53 bits per heavy atom. The standard InChI is InChI=1S/C13H16ClNO3S/c1-13(2,3)19(17,18)15-12-9-10(5-4-8-16)6-7-11(12)14/h6-7,9,15-16H,8H2,1-3H3. The zero-order chi connectivity index (χ0) is 14.7. The highest BCUT2D eigenvalue weighted by atomic mass is 35.5. The number of benzene rings is 1. The van der Waals surface area contributed by atoms with Crippen molar-refractivity contribution in [1.82, 2.24) is 0 Å². The lowest BCUT2D eigenvalue weighted by molar-refractivity contribution is 0.350. The first-order valence-corrected chi connectivity index (χ1v) is 7.45. The van der Waals surface area contributed by atoms with Gasteiger partial charge in [0.2, 0.25) is 10.0 Å². The van der Waals surface area contributed by atoms with Crippen LogP contribution in [0.3, 0.4) is 0 Å². The fourth-order valence-corrected chi connectivity index (χ4v) is 2.11. The van der Waals surface area contributed by atoms with Gasteiger partial charge in [0.1, 0.15) is 6.61 Å². The molecule has 4 nitrogen and oxygen atoms in total. The van der Waals surface area contributed by atoms with Crippen LogP contribution in [0.25, 0.3) is 0 Å². The van der Waals surface area contributed by atoms with Crippen LogP contribution in [0.2, 0.25) is 5.02 Å². The van der Waals surface area contributed by atoms with Crippen molar-refractivity contribution in [2.45, 2.75) is 25.5 Å². The summed E-state index contributed by atoms with van der Waals surface area (Å²) in [5.74, 6) is 5.18. The predicted octanol–water partition coefficient (Wildman–Crippen LogP) is 2.22. The molecule has 0 aliphatic heterocycles. The van der Waals surface area contributed by atoms with Crippen LogP contribution in [0.4, 0.5) is 5.69 Å². The van der Waals surface area contributed by atoms with Crippen LogP contribution in [0, 0.1) is 11.8 Å². The van der Waals surface area contributed by atoms with Crippen molar-refractivity contribution < 1.29 is 13.5 Å². The van der Waals surface area contributed by atoms with E-state index in [1.807, 2.05) is 0 Å². The van der Waals surface area contributed by atoms with Gasteiger partial charge in [-0.15, -0.1) is 0 Å². The van der Waals surface area contributed by atoms with Gasteiger partial charge in [0.05, 0.1) is 15.5 Å². The molecule has 6 heteroatoms. The van der Waals surface area contributed by atoms with Crippen LogP contribution in [-0.2, 0) is 10.0 Å². The zero-order valence-corrected chi connectivity index (χ0v) is 12.6. The van der Waals surface area contributed by atoms with Crippen molar-refractivity contribution in [3.63, 3.8) is 0 Å². The molecule has 2 N–H and O–H groups in total. The van der Waals surface area contributed by atoms with E-state index in [1.54, 1.807) is 32.9 Å². The van der Waals surface area contributed by atoms with Crippen LogP contribution in [0.5, 0.6) is 0 Å². The van der Waals surface area contributed by atoms with Crippen LogP contribution in [0.15, 0.2) is 18.2 Å². The van der Waals surface area contributed by atoms with E-state index in [2.05, 4.69) is 16.6 Å². The molecule has 1 rings (SSSR count). The van der Waals surface area contributed by atoms with E-state index in [0.717, 1.165) is 0 Å². The molecule has 0 aliphatic carbocycles. The average molecular weight is 302 g/mol. The molecule has 0 spiro atoms. The van der Waals surface area contributed by atoms with Crippen LogP contribution < -0.4 is 4.72 Å². The van der Waals surface area contributed by atoms with Crippen LogP contribution >= 0.6 is 11.6 Å². The second-order valence-corrected chi connectivity index (χ2v) is 7.72. The van der Waals surface area contributed by atoms with Crippen molar-refractivity contribution in [2.24, 2.45) is 0 Å². The van der Waals surface area contributed by atoms with Crippen molar-refractivity contribution in [3.8, 4) is 11.8 Å². The summed E-state index contributed by atoms with van der Waals surface area (Å²) >= 11 is 5.96. The van der Waals surface area contributed by atoms with Gasteiger partial charge in [-0.05, 0) is 39.0 Å². The summed E-state index contributed by atoms with van der Waals surface area (Å²) in [5, 5.41) is 8.93. The monoisotopic (exact) mass is 301 g/mol. The maximum atomic E-state index is 12.1. The summed E-state index contributed by atoms with van der Waals surface area (Å²) in [4.78, 5) is 0. The van der Waals surface area contributed by atoms with Crippen molar-refractivity contribution in [2.75, 3.05) is 11.3 Å². The molecule has 19 heavy (non-hydrogen) atoms. The summed E-state index contributed by atoms with van der Waals surface area (Å²) in [5.41, 5.74) is 0.853. The lowest BCUT2D eigenvalue weighted by Gasteiger charge is -2.21. The number of rotatable bonds is 2. The normalized spacial score (nSPS) is 11.6. The Hall–Kier alpha value is -1.22. The maximum absolute atomic E-state index is 12.1. The largest absolute Gasteiger partial charge is 0.384 e. The minimum absolute atomic E-state index is 0.258. The Balaban J connectivity index is 3.15. The predicted molar refractivity (Wildman–Crippen MR) is 77.7 cm³/mol. The SMILES string of the molecule is CC(C)(C)S(=O)(=O)Nc1cc(C#CCO)ccc1Cl. The molecular formula is C13H16ClNO3S. The van der Waals surface area contributed by atoms with Gasteiger partial charge in [-0.25, -0.2) is 8.42 Å². The summed E-state index contributed by atoms with van der Waals surface area (Å²) < 4.78 is 25.6. The Bertz CT molecular complexity index is 622. The molecule has 0 fully saturated rings. The van der Waals surface area contributed by atoms with E-state index in [1.165, 1.54) is 6.07 Å². The summed E-state index contributed by atoms with van der Waals surface area (Å²) in [6.07, 6.45) is 0. The highest BCUT2D eigenvalue weighted by Gasteiger charge is 2.29. The maximum Gasteiger partial charge on any atom is 0.237 e. The molecule has 0 saturated heterocycles. The first kappa shape index (κ1) is 15.8. The number of aliphatic hydroxyl groups excluding tert-OH is 1. The van der Waals surface area contributed by atoms with Gasteiger partial charge in [0, 0.05) is 5.56 Å². The molecule has 0 atom stereocenters. The van der Waals surface area contributed by atoms with E-state index < -0.39 is 14.8 Å². The molecule has 0 heterocycles. The first-order chi connectivity index (χ1) is 8.67. The lowest BCUT2D eigenvalue weighted by Crippen LogP contribution is -2.33. The topological polar surface area (TPSA) is 66.4 Å². The molecule has 0 amide bonds. The summed E-state index contributed by atoms with van der Waals surface area (Å²) in [6.45, 7) is 4.53. The minimum atomic E-state index is -3.54. The Kier molecular flexibility index (Phi) is 4.86. The van der Waals surface area contributed by atoms with Crippen molar-refractivity contribution in [1.29, 1.82) is 0 Å². The number of halogens is 1. The molecule has 1 aromatic rings. The van der Waals surface area contributed by atoms with E-state index in [9.17, 15) is 8.42 Å². The number of aliphatic hydroxyl groups is 1. The van der Waals surface area contributed by atoms with Gasteiger partial charge < -0.3 is 5.11 Å². The third kappa shape index (κ3) is 4.13. The van der Waals surface area contributed by atoms with Gasteiger partial charge in [0.25, 0.3) is 0 Å². The zero-order valence-electron chi connectivity index (χ0n) is 11.0. The molecule has 0 saturated carbocycles. The van der Waals surface area contributed by atoms with Gasteiger partial charge >= 0.3 is 0 Å². The molecule has 1 aromatic carbocycles. The first-order valence-electron chi connectivity index (χ1n) is 5.59. The van der Waals surface area contributed by atoms with E-state index in [4.69, 9.17) is 16.7 Å². The minimum Gasteiger partial charge on any atom is -0.384 e. The van der Waals surface area contributed by atoms with E-state index in [-0.39, 0.29) is 12.3 Å². The third-order valence-electron chi connectivity index (χ3n) is 2.33. The Morgan fingerprint density at radius 1 is 1.37 bits per heavy atom. The number of hydrogen-bond acceptors (Lipinski definition) is 3. The Labute approximate surface area is 118 Å². The fraction of sp³-hybridized carbons (Fsp3) is 0.385. The quantitative estimate of drug-likeness (QED) is 0.823. The highest BCUT2D eigenvalue weighted by Crippen LogP contribution is 2.27. The molecule has 0 radical (unpaired) electrons. The molecule has 0 aliphatic rings. The molecule has 104 valence electrons. The number of hydrogen-bond donors (Lipinski definition) is 2. The van der Waals surface area contributed by atoms with Gasteiger partial charge in [-0.2, -0.15) is 0 Å². The van der Waals surface area contributed by atoms with Crippen molar-refractivity contribution in [3.05, 3.63) is 28.8 Å². The van der Waals surface area contributed by atoms with Crippen LogP contribution in [-0.4, -0.2) is 24.9 Å². The molecule has 0 aromatic heterocycles.